The SMILES string of the molecule is Brc1ccc(-c2nc(-c3cc(-c4ccccc4)cc(-c4ccccc4)c3)c3cccnc3n2)cc1.Brc1ccc(-c2nc(-c3ccc4ccccc4c3)c3cccnc3n2)cc1.Brc1ccc(-c2nc(-c3cccc(-c4ccccc4)c3)c3cccnc3n2)cc1.Brc1ccc(-c2nc(-c3cccc4ccccc34)c3cccnc3n2)cc1. The molecule has 21 aromatic rings. The van der Waals surface area contributed by atoms with Crippen molar-refractivity contribution in [3.8, 4) is 124 Å². The molecule has 0 N–H and O–H groups in total. The quantitative estimate of drug-likeness (QED) is 0.121. The highest BCUT2D eigenvalue weighted by Gasteiger charge is 2.20. The zero-order valence-corrected chi connectivity index (χ0v) is 69.2. The molecular weight excluding hydrogens is 1710 g/mol. The van der Waals surface area contributed by atoms with Gasteiger partial charge in [-0.25, -0.2) is 59.8 Å². The molecule has 0 aliphatic rings. The lowest BCUT2D eigenvalue weighted by molar-refractivity contribution is 1.19. The molecule has 0 atom stereocenters. The Bertz CT molecular complexity index is 7150. The van der Waals surface area contributed by atoms with E-state index in [0.29, 0.717) is 45.9 Å². The van der Waals surface area contributed by atoms with Gasteiger partial charge in [-0.1, -0.05) is 300 Å². The van der Waals surface area contributed by atoms with E-state index in [4.69, 9.17) is 34.9 Å². The van der Waals surface area contributed by atoms with Gasteiger partial charge in [-0.3, -0.25) is 0 Å². The van der Waals surface area contributed by atoms with Gasteiger partial charge < -0.3 is 0 Å². The second-order valence-electron chi connectivity index (χ2n) is 27.7. The number of pyridine rings is 4. The largest absolute Gasteiger partial charge is 0.236 e. The fraction of sp³-hybridized carbons (Fsp3) is 0. The average Bonchev–Trinajstić information content (AvgIpc) is 0.781. The predicted octanol–water partition coefficient (Wildman–Crippen LogP) is 27.8. The highest BCUT2D eigenvalue weighted by molar-refractivity contribution is 9.11. The molecule has 21 rings (SSSR count). The van der Waals surface area contributed by atoms with Crippen molar-refractivity contribution >= 4 is 129 Å². The zero-order valence-electron chi connectivity index (χ0n) is 62.8. The van der Waals surface area contributed by atoms with Crippen LogP contribution in [0.4, 0.5) is 0 Å². The Hall–Kier alpha value is -13.7. The van der Waals surface area contributed by atoms with E-state index < -0.39 is 0 Å². The summed E-state index contributed by atoms with van der Waals surface area (Å²) >= 11 is 14.0. The van der Waals surface area contributed by atoms with Crippen molar-refractivity contribution < 1.29 is 0 Å². The minimum absolute atomic E-state index is 0.657. The van der Waals surface area contributed by atoms with Gasteiger partial charge in [0.05, 0.1) is 22.8 Å². The van der Waals surface area contributed by atoms with Crippen LogP contribution in [0.25, 0.3) is 190 Å². The maximum Gasteiger partial charge on any atom is 0.163 e. The van der Waals surface area contributed by atoms with Crippen LogP contribution in [0.2, 0.25) is 0 Å². The summed E-state index contributed by atoms with van der Waals surface area (Å²) in [6.07, 6.45) is 7.09. The third-order valence-electron chi connectivity index (χ3n) is 20.0. The molecule has 8 heterocycles. The monoisotopic (exact) mass is 1770 g/mol. The van der Waals surface area contributed by atoms with Gasteiger partial charge in [-0.15, -0.1) is 0 Å². The van der Waals surface area contributed by atoms with E-state index in [-0.39, 0.29) is 0 Å². The first-order chi connectivity index (χ1) is 58.1. The molecule has 0 fully saturated rings. The van der Waals surface area contributed by atoms with Crippen LogP contribution in [0.1, 0.15) is 0 Å². The third kappa shape index (κ3) is 16.9. The molecule has 13 aromatic carbocycles. The first-order valence-electron chi connectivity index (χ1n) is 38.0. The molecular formula is C102H64Br4N12. The van der Waals surface area contributed by atoms with E-state index in [1.165, 1.54) is 27.1 Å². The van der Waals surface area contributed by atoms with Crippen LogP contribution >= 0.6 is 63.7 Å². The van der Waals surface area contributed by atoms with Crippen molar-refractivity contribution in [2.75, 3.05) is 0 Å². The van der Waals surface area contributed by atoms with E-state index in [1.807, 2.05) is 164 Å². The minimum atomic E-state index is 0.657. The van der Waals surface area contributed by atoms with Gasteiger partial charge in [0.2, 0.25) is 0 Å². The van der Waals surface area contributed by atoms with Crippen LogP contribution in [-0.4, -0.2) is 59.8 Å². The summed E-state index contributed by atoms with van der Waals surface area (Å²) in [7, 11) is 0. The minimum Gasteiger partial charge on any atom is -0.236 e. The Kier molecular flexibility index (Phi) is 22.3. The number of halogens is 4. The molecule has 118 heavy (non-hydrogen) atoms. The smallest absolute Gasteiger partial charge is 0.163 e. The van der Waals surface area contributed by atoms with Gasteiger partial charge in [0.15, 0.2) is 45.9 Å². The van der Waals surface area contributed by atoms with E-state index in [1.54, 1.807) is 24.8 Å². The molecule has 560 valence electrons. The molecule has 12 nitrogen and oxygen atoms in total. The van der Waals surface area contributed by atoms with Gasteiger partial charge in [-0.2, -0.15) is 0 Å². The molecule has 0 aliphatic heterocycles. The van der Waals surface area contributed by atoms with Crippen LogP contribution in [0.5, 0.6) is 0 Å². The van der Waals surface area contributed by atoms with E-state index >= 15 is 0 Å². The fourth-order valence-corrected chi connectivity index (χ4v) is 15.3. The van der Waals surface area contributed by atoms with Crippen LogP contribution in [0.3, 0.4) is 0 Å². The summed E-state index contributed by atoms with van der Waals surface area (Å²) in [6.45, 7) is 0. The summed E-state index contributed by atoms with van der Waals surface area (Å²) in [4.78, 5) is 56.8. The number of nitrogens with zero attached hydrogens (tertiary/aromatic N) is 12. The first kappa shape index (κ1) is 75.6. The fourth-order valence-electron chi connectivity index (χ4n) is 14.2. The van der Waals surface area contributed by atoms with Crippen molar-refractivity contribution in [2.24, 2.45) is 0 Å². The van der Waals surface area contributed by atoms with Gasteiger partial charge in [0.1, 0.15) is 0 Å². The normalized spacial score (nSPS) is 11.1. The number of rotatable bonds is 11. The zero-order chi connectivity index (χ0) is 79.7. The lowest BCUT2D eigenvalue weighted by Gasteiger charge is -2.13. The topological polar surface area (TPSA) is 155 Å². The molecule has 0 radical (unpaired) electrons. The number of hydrogen-bond acceptors (Lipinski definition) is 12. The second-order valence-corrected chi connectivity index (χ2v) is 31.3. The molecule has 0 aliphatic carbocycles. The molecule has 0 amide bonds. The van der Waals surface area contributed by atoms with Crippen LogP contribution in [0.15, 0.2) is 407 Å². The second kappa shape index (κ2) is 34.8. The van der Waals surface area contributed by atoms with Crippen molar-refractivity contribution in [1.29, 1.82) is 0 Å². The first-order valence-corrected chi connectivity index (χ1v) is 41.2. The molecule has 0 bridgehead atoms. The van der Waals surface area contributed by atoms with Crippen LogP contribution < -0.4 is 0 Å². The number of hydrogen-bond donors (Lipinski definition) is 0. The van der Waals surface area contributed by atoms with Crippen molar-refractivity contribution in [3.05, 3.63) is 407 Å². The van der Waals surface area contributed by atoms with Gasteiger partial charge in [0, 0.05) is 109 Å². The summed E-state index contributed by atoms with van der Waals surface area (Å²) in [5.41, 5.74) is 21.4. The van der Waals surface area contributed by atoms with Crippen molar-refractivity contribution in [3.63, 3.8) is 0 Å². The summed E-state index contributed by atoms with van der Waals surface area (Å²) in [5, 5.41) is 8.54. The van der Waals surface area contributed by atoms with E-state index in [9.17, 15) is 0 Å². The number of aromatic nitrogens is 12. The number of benzene rings is 13. The van der Waals surface area contributed by atoms with Gasteiger partial charge in [0.25, 0.3) is 0 Å². The summed E-state index contributed by atoms with van der Waals surface area (Å²) in [6, 6.07) is 124. The maximum atomic E-state index is 5.07. The highest BCUT2D eigenvalue weighted by Crippen LogP contribution is 2.40. The predicted molar refractivity (Wildman–Crippen MR) is 495 cm³/mol. The van der Waals surface area contributed by atoms with Crippen LogP contribution in [-0.2, 0) is 0 Å². The van der Waals surface area contributed by atoms with E-state index in [0.717, 1.165) is 135 Å². The number of fused-ring (bicyclic) bond motifs is 6. The third-order valence-corrected chi connectivity index (χ3v) is 22.1. The Labute approximate surface area is 713 Å². The molecule has 0 saturated carbocycles. The van der Waals surface area contributed by atoms with Crippen molar-refractivity contribution in [2.45, 2.75) is 0 Å². The average molecular weight is 1780 g/mol. The van der Waals surface area contributed by atoms with Gasteiger partial charge >= 0.3 is 0 Å². The summed E-state index contributed by atoms with van der Waals surface area (Å²) in [5.74, 6) is 2.68. The molecule has 16 heteroatoms. The Morgan fingerprint density at radius 2 is 0.449 bits per heavy atom. The Morgan fingerprint density at radius 3 is 0.881 bits per heavy atom. The van der Waals surface area contributed by atoms with Gasteiger partial charge in [-0.05, 0) is 182 Å². The molecule has 0 spiro atoms. The summed E-state index contributed by atoms with van der Waals surface area (Å²) < 4.78 is 4.10. The Morgan fingerprint density at radius 1 is 0.161 bits per heavy atom. The van der Waals surface area contributed by atoms with Crippen molar-refractivity contribution in [1.82, 2.24) is 59.8 Å². The molecule has 0 saturated heterocycles. The van der Waals surface area contributed by atoms with Crippen LogP contribution in [0, 0.1) is 0 Å². The molecule has 0 unspecified atom stereocenters. The lowest BCUT2D eigenvalue weighted by Crippen LogP contribution is -1.97. The molecule has 8 aromatic heterocycles. The highest BCUT2D eigenvalue weighted by atomic mass is 79.9. The standard InChI is InChI=1S/C31H20BrN3.C25H16BrN3.2C23H14BrN3/c32-27-15-13-23(14-16-27)30-34-29(28-12-7-17-33-31(28)35-30)26-19-24(21-8-3-1-4-9-21)18-25(20-26)22-10-5-2-6-11-22;26-21-13-11-18(12-14-21)24-28-23(22-10-5-15-27-25(22)29-24)20-9-4-8-19(16-20)17-6-2-1-3-7-17;24-17-12-10-16(11-13-17)22-26-21(20-9-4-14-25-23(20)27-22)19-8-3-6-15-5-1-2-7-18(15)19;24-19-11-9-16(10-12-19)22-26-21(20-6-3-13-25-23(20)27-22)18-8-7-15-4-1-2-5-17(15)14-18/h1-20H;1-16H;2*1-14H. The van der Waals surface area contributed by atoms with E-state index in [2.05, 4.69) is 289 Å². The lowest BCUT2D eigenvalue weighted by atomic mass is 9.94. The maximum absolute atomic E-state index is 5.07. The Balaban J connectivity index is 0.000000109.